The molecule has 5 heteroatoms. The number of fused-ring (bicyclic) bond motifs is 1. The number of ether oxygens (including phenoxy) is 2. The first-order valence-corrected chi connectivity index (χ1v) is 8.50. The van der Waals surface area contributed by atoms with E-state index >= 15 is 0 Å². The van der Waals surface area contributed by atoms with Crippen LogP contribution in [0, 0.1) is 18.8 Å². The highest BCUT2D eigenvalue weighted by Crippen LogP contribution is 2.21. The highest BCUT2D eigenvalue weighted by molar-refractivity contribution is 6.30. The molecule has 132 valence electrons. The van der Waals surface area contributed by atoms with Crippen molar-refractivity contribution in [2.45, 2.75) is 6.92 Å². The Hall–Kier alpha value is -2.90. The quantitative estimate of drug-likeness (QED) is 0.655. The maximum atomic E-state index is 12.3. The maximum absolute atomic E-state index is 12.3. The normalized spacial score (nSPS) is 10.3. The molecule has 0 radical (unpaired) electrons. The van der Waals surface area contributed by atoms with Crippen LogP contribution in [0.3, 0.4) is 0 Å². The third kappa shape index (κ3) is 4.01. The number of pyridine rings is 1. The zero-order valence-corrected chi connectivity index (χ0v) is 15.3. The highest BCUT2D eigenvalue weighted by atomic mass is 35.5. The number of aromatic nitrogens is 1. The molecule has 0 N–H and O–H groups in total. The average molecular weight is 368 g/mol. The van der Waals surface area contributed by atoms with Crippen LogP contribution in [0.5, 0.6) is 11.5 Å². The second-order valence-corrected chi connectivity index (χ2v) is 6.21. The minimum atomic E-state index is -0.182. The van der Waals surface area contributed by atoms with E-state index in [1.54, 1.807) is 23.7 Å². The second kappa shape index (κ2) is 7.99. The van der Waals surface area contributed by atoms with Crippen molar-refractivity contribution in [3.63, 3.8) is 0 Å². The lowest BCUT2D eigenvalue weighted by Crippen LogP contribution is -2.19. The van der Waals surface area contributed by atoms with E-state index in [9.17, 15) is 4.79 Å². The zero-order valence-electron chi connectivity index (χ0n) is 14.6. The standard InChI is InChI=1S/C21H18ClNO3/c1-15-13-17(22)9-10-19(15)25-11-5-6-12-26-20-14-16-7-3-4-8-18(16)23(2)21(20)24/h3-4,7-10,13-14H,11-12H2,1-2H3. The lowest BCUT2D eigenvalue weighted by atomic mass is 10.2. The van der Waals surface area contributed by atoms with Crippen molar-refractivity contribution in [3.8, 4) is 23.3 Å². The molecule has 1 heterocycles. The Labute approximate surface area is 156 Å². The van der Waals surface area contributed by atoms with Crippen molar-refractivity contribution >= 4 is 22.5 Å². The predicted molar refractivity (Wildman–Crippen MR) is 104 cm³/mol. The fraction of sp³-hybridized carbons (Fsp3) is 0.190. The molecular formula is C21H18ClNO3. The van der Waals surface area contributed by atoms with Crippen molar-refractivity contribution < 1.29 is 9.47 Å². The van der Waals surface area contributed by atoms with Crippen molar-refractivity contribution in [2.24, 2.45) is 7.05 Å². The average Bonchev–Trinajstić information content (AvgIpc) is 2.63. The molecule has 0 spiro atoms. The summed E-state index contributed by atoms with van der Waals surface area (Å²) in [7, 11) is 1.73. The largest absolute Gasteiger partial charge is 0.481 e. The summed E-state index contributed by atoms with van der Waals surface area (Å²) in [6.45, 7) is 2.28. The molecule has 2 aromatic carbocycles. The second-order valence-electron chi connectivity index (χ2n) is 5.77. The Morgan fingerprint density at radius 3 is 2.42 bits per heavy atom. The number of hydrogen-bond donors (Lipinski definition) is 0. The Morgan fingerprint density at radius 1 is 1.00 bits per heavy atom. The Morgan fingerprint density at radius 2 is 1.69 bits per heavy atom. The van der Waals surface area contributed by atoms with Gasteiger partial charge in [0.25, 0.3) is 5.56 Å². The summed E-state index contributed by atoms with van der Waals surface area (Å²) in [5, 5.41) is 1.62. The molecule has 0 unspecified atom stereocenters. The number of hydrogen-bond acceptors (Lipinski definition) is 3. The van der Waals surface area contributed by atoms with Gasteiger partial charge in [0.2, 0.25) is 0 Å². The van der Waals surface area contributed by atoms with Crippen LogP contribution < -0.4 is 15.0 Å². The number of para-hydroxylation sites is 1. The summed E-state index contributed by atoms with van der Waals surface area (Å²) >= 11 is 5.91. The van der Waals surface area contributed by atoms with E-state index in [1.807, 2.05) is 43.3 Å². The fourth-order valence-corrected chi connectivity index (χ4v) is 2.83. The first-order chi connectivity index (χ1) is 12.6. The molecule has 4 nitrogen and oxygen atoms in total. The molecular weight excluding hydrogens is 350 g/mol. The van der Waals surface area contributed by atoms with Gasteiger partial charge in [-0.3, -0.25) is 4.79 Å². The molecule has 0 bridgehead atoms. The first kappa shape index (κ1) is 17.9. The lowest BCUT2D eigenvalue weighted by molar-refractivity contribution is 0.357. The molecule has 0 fully saturated rings. The predicted octanol–water partition coefficient (Wildman–Crippen LogP) is 3.96. The van der Waals surface area contributed by atoms with E-state index in [4.69, 9.17) is 21.1 Å². The van der Waals surface area contributed by atoms with Crippen molar-refractivity contribution in [1.29, 1.82) is 0 Å². The van der Waals surface area contributed by atoms with Crippen molar-refractivity contribution in [2.75, 3.05) is 13.2 Å². The molecule has 26 heavy (non-hydrogen) atoms. The zero-order chi connectivity index (χ0) is 18.5. The highest BCUT2D eigenvalue weighted by Gasteiger charge is 2.06. The smallest absolute Gasteiger partial charge is 0.293 e. The third-order valence-corrected chi connectivity index (χ3v) is 4.20. The summed E-state index contributed by atoms with van der Waals surface area (Å²) in [6.07, 6.45) is 0. The molecule has 0 saturated heterocycles. The summed E-state index contributed by atoms with van der Waals surface area (Å²) < 4.78 is 12.7. The molecule has 0 atom stereocenters. The van der Waals surface area contributed by atoms with Gasteiger partial charge < -0.3 is 14.0 Å². The molecule has 0 saturated carbocycles. The molecule has 3 aromatic rings. The van der Waals surface area contributed by atoms with E-state index < -0.39 is 0 Å². The van der Waals surface area contributed by atoms with E-state index in [1.165, 1.54) is 0 Å². The number of nitrogens with zero attached hydrogens (tertiary/aromatic N) is 1. The van der Waals surface area contributed by atoms with Crippen LogP contribution in [0.1, 0.15) is 5.56 Å². The summed E-state index contributed by atoms with van der Waals surface area (Å²) in [4.78, 5) is 12.3. The lowest BCUT2D eigenvalue weighted by Gasteiger charge is -2.08. The van der Waals surface area contributed by atoms with Gasteiger partial charge in [0, 0.05) is 17.5 Å². The van der Waals surface area contributed by atoms with Gasteiger partial charge in [0.15, 0.2) is 5.75 Å². The van der Waals surface area contributed by atoms with Gasteiger partial charge in [-0.15, -0.1) is 0 Å². The van der Waals surface area contributed by atoms with Gasteiger partial charge in [-0.05, 0) is 42.8 Å². The molecule has 3 rings (SSSR count). The van der Waals surface area contributed by atoms with Crippen LogP contribution in [-0.4, -0.2) is 17.8 Å². The van der Waals surface area contributed by atoms with Gasteiger partial charge in [-0.1, -0.05) is 41.6 Å². The summed E-state index contributed by atoms with van der Waals surface area (Å²) in [6, 6.07) is 14.8. The van der Waals surface area contributed by atoms with Crippen LogP contribution in [0.2, 0.25) is 5.02 Å². The summed E-state index contributed by atoms with van der Waals surface area (Å²) in [5.74, 6) is 6.77. The maximum Gasteiger partial charge on any atom is 0.293 e. The van der Waals surface area contributed by atoms with E-state index in [2.05, 4.69) is 11.8 Å². The Kier molecular flexibility index (Phi) is 5.50. The monoisotopic (exact) mass is 367 g/mol. The molecule has 0 aliphatic heterocycles. The van der Waals surface area contributed by atoms with Gasteiger partial charge in [0.05, 0.1) is 5.52 Å². The minimum Gasteiger partial charge on any atom is -0.481 e. The SMILES string of the molecule is Cc1cc(Cl)ccc1OCC#CCOc1cc2ccccc2n(C)c1=O. The Balaban J connectivity index is 1.60. The fourth-order valence-electron chi connectivity index (χ4n) is 2.60. The van der Waals surface area contributed by atoms with Crippen molar-refractivity contribution in [1.82, 2.24) is 4.57 Å². The van der Waals surface area contributed by atoms with Gasteiger partial charge in [0.1, 0.15) is 19.0 Å². The van der Waals surface area contributed by atoms with Crippen LogP contribution in [-0.2, 0) is 7.05 Å². The van der Waals surface area contributed by atoms with E-state index in [-0.39, 0.29) is 24.5 Å². The molecule has 0 aliphatic rings. The summed E-state index contributed by atoms with van der Waals surface area (Å²) in [5.41, 5.74) is 1.64. The van der Waals surface area contributed by atoms with Gasteiger partial charge >= 0.3 is 0 Å². The van der Waals surface area contributed by atoms with Crippen LogP contribution in [0.25, 0.3) is 10.9 Å². The minimum absolute atomic E-state index is 0.122. The van der Waals surface area contributed by atoms with Crippen LogP contribution in [0.4, 0.5) is 0 Å². The number of aryl methyl sites for hydroxylation is 2. The van der Waals surface area contributed by atoms with Gasteiger partial charge in [-0.25, -0.2) is 0 Å². The topological polar surface area (TPSA) is 40.5 Å². The number of rotatable bonds is 4. The van der Waals surface area contributed by atoms with E-state index in [0.29, 0.717) is 5.02 Å². The molecule has 0 aliphatic carbocycles. The number of benzene rings is 2. The van der Waals surface area contributed by atoms with Crippen molar-refractivity contribution in [3.05, 3.63) is 69.5 Å². The molecule has 1 aromatic heterocycles. The Bertz CT molecular complexity index is 1060. The van der Waals surface area contributed by atoms with Crippen LogP contribution >= 0.6 is 11.6 Å². The van der Waals surface area contributed by atoms with E-state index in [0.717, 1.165) is 22.2 Å². The van der Waals surface area contributed by atoms with Crippen LogP contribution in [0.15, 0.2) is 53.3 Å². The number of halogens is 1. The first-order valence-electron chi connectivity index (χ1n) is 8.12. The third-order valence-electron chi connectivity index (χ3n) is 3.96. The van der Waals surface area contributed by atoms with Gasteiger partial charge in [-0.2, -0.15) is 0 Å². The molecule has 0 amide bonds.